The van der Waals surface area contributed by atoms with Gasteiger partial charge in [-0.15, -0.1) is 0 Å². The lowest BCUT2D eigenvalue weighted by Gasteiger charge is -2.22. The fraction of sp³-hybridized carbons (Fsp3) is 0.778. The molecule has 1 atom stereocenters. The van der Waals surface area contributed by atoms with Crippen LogP contribution in [0.15, 0.2) is 18.2 Å². The molecule has 0 radical (unpaired) electrons. The summed E-state index contributed by atoms with van der Waals surface area (Å²) >= 11 is 0. The molecule has 0 saturated heterocycles. The molecule has 33 heavy (non-hydrogen) atoms. The van der Waals surface area contributed by atoms with E-state index in [1.165, 1.54) is 80.9 Å². The maximum absolute atomic E-state index is 11.5. The molecule has 6 heteroatoms. The minimum absolute atomic E-state index is 0.153. The number of phosphoric ester groups is 1. The lowest BCUT2D eigenvalue weighted by atomic mass is 10.0. The Hall–Kier alpha value is -0.710. The van der Waals surface area contributed by atoms with E-state index < -0.39 is 7.82 Å². The molecule has 0 spiro atoms. The summed E-state index contributed by atoms with van der Waals surface area (Å²) in [5, 5.41) is 0. The first-order valence-electron chi connectivity index (χ1n) is 13.2. The fourth-order valence-corrected chi connectivity index (χ4v) is 4.11. The Balaban J connectivity index is 0.000000728. The van der Waals surface area contributed by atoms with Gasteiger partial charge in [0.15, 0.2) is 0 Å². The summed E-state index contributed by atoms with van der Waals surface area (Å²) < 4.78 is 21.1. The zero-order chi connectivity index (χ0) is 25.0. The smallest absolute Gasteiger partial charge is 0.268 e. The third-order valence-electron chi connectivity index (χ3n) is 5.74. The molecule has 0 aliphatic heterocycles. The highest BCUT2D eigenvalue weighted by Crippen LogP contribution is 2.37. The first-order chi connectivity index (χ1) is 15.7. The monoisotopic (exact) mass is 485 g/mol. The van der Waals surface area contributed by atoms with Crippen LogP contribution in [0, 0.1) is 13.8 Å². The van der Waals surface area contributed by atoms with Crippen molar-refractivity contribution in [1.29, 1.82) is 0 Å². The van der Waals surface area contributed by atoms with Crippen LogP contribution in [-0.4, -0.2) is 33.9 Å². The van der Waals surface area contributed by atoms with Gasteiger partial charge in [-0.3, -0.25) is 4.57 Å². The summed E-state index contributed by atoms with van der Waals surface area (Å²) in [4.78, 5) is 12.6. The van der Waals surface area contributed by atoms with E-state index >= 15 is 0 Å². The Morgan fingerprint density at radius 3 is 1.79 bits per heavy atom. The van der Waals surface area contributed by atoms with Crippen molar-refractivity contribution in [3.63, 3.8) is 0 Å². The number of phosphoric acid groups is 1. The quantitative estimate of drug-likeness (QED) is 0.211. The number of benzene rings is 1. The minimum Gasteiger partial charge on any atom is -0.756 e. The van der Waals surface area contributed by atoms with Crippen LogP contribution >= 0.6 is 7.82 Å². The van der Waals surface area contributed by atoms with Crippen molar-refractivity contribution in [2.24, 2.45) is 0 Å². The standard InChI is InChI=1S/C15H26NO4P.C12H26/c1-13-7-8-15(12-14(13)2)6-5-10-19-21(17,18)20-11-9-16(3)4;1-3-5-7-9-11-12-10-8-6-4-2/h7-8,12H,5-6,9-11H2,1-4H3,(H,17,18);3-12H2,1-2H3. The van der Waals surface area contributed by atoms with Gasteiger partial charge in [0, 0.05) is 0 Å². The molecule has 0 heterocycles. The van der Waals surface area contributed by atoms with E-state index in [0.717, 1.165) is 11.3 Å². The number of unbranched alkanes of at least 4 members (excludes halogenated alkanes) is 9. The first kappa shape index (κ1) is 32.3. The number of hydrogen-bond acceptors (Lipinski definition) is 4. The van der Waals surface area contributed by atoms with E-state index in [1.807, 2.05) is 14.1 Å². The molecular weight excluding hydrogens is 433 g/mol. The van der Waals surface area contributed by atoms with Crippen LogP contribution in [0.25, 0.3) is 0 Å². The van der Waals surface area contributed by atoms with Crippen LogP contribution in [0.3, 0.4) is 0 Å². The topological polar surface area (TPSA) is 63.0 Å². The van der Waals surface area contributed by atoms with Crippen molar-refractivity contribution in [2.75, 3.05) is 33.9 Å². The SMILES string of the molecule is CCCCCCCCCCCC.Cc1ccc(CCCOP(=O)([O-])OCC[NH+](C)C)cc1C. The Labute approximate surface area is 204 Å². The van der Waals surface area contributed by atoms with Crippen molar-refractivity contribution >= 4 is 7.82 Å². The molecule has 0 fully saturated rings. The van der Waals surface area contributed by atoms with E-state index in [0.29, 0.717) is 13.0 Å². The predicted molar refractivity (Wildman–Crippen MR) is 139 cm³/mol. The number of rotatable bonds is 18. The van der Waals surface area contributed by atoms with Crippen molar-refractivity contribution in [3.05, 3.63) is 34.9 Å². The molecule has 1 N–H and O–H groups in total. The highest BCUT2D eigenvalue weighted by molar-refractivity contribution is 7.45. The lowest BCUT2D eigenvalue weighted by molar-refractivity contribution is -0.858. The molecule has 0 aromatic heterocycles. The Kier molecular flexibility index (Phi) is 20.2. The molecule has 194 valence electrons. The first-order valence-corrected chi connectivity index (χ1v) is 14.6. The molecule has 0 saturated carbocycles. The molecule has 5 nitrogen and oxygen atoms in total. The average molecular weight is 486 g/mol. The maximum Gasteiger partial charge on any atom is 0.268 e. The minimum atomic E-state index is -4.15. The predicted octanol–water partition coefficient (Wildman–Crippen LogP) is 5.81. The number of quaternary nitrogens is 1. The van der Waals surface area contributed by atoms with Gasteiger partial charge in [0.25, 0.3) is 7.82 Å². The van der Waals surface area contributed by atoms with Gasteiger partial charge in [-0.05, 0) is 43.4 Å². The normalized spacial score (nSPS) is 13.0. The zero-order valence-electron chi connectivity index (χ0n) is 22.4. The van der Waals surface area contributed by atoms with Crippen molar-refractivity contribution in [3.8, 4) is 0 Å². The van der Waals surface area contributed by atoms with Crippen LogP contribution < -0.4 is 9.79 Å². The third-order valence-corrected chi connectivity index (χ3v) is 6.74. The van der Waals surface area contributed by atoms with E-state index in [2.05, 4.69) is 45.9 Å². The van der Waals surface area contributed by atoms with Gasteiger partial charge >= 0.3 is 0 Å². The van der Waals surface area contributed by atoms with E-state index in [4.69, 9.17) is 9.05 Å². The van der Waals surface area contributed by atoms with Crippen LogP contribution in [0.5, 0.6) is 0 Å². The Bertz CT molecular complexity index is 627. The zero-order valence-corrected chi connectivity index (χ0v) is 23.3. The molecule has 1 aromatic rings. The van der Waals surface area contributed by atoms with Gasteiger partial charge in [-0.2, -0.15) is 0 Å². The van der Waals surface area contributed by atoms with Crippen LogP contribution in [0.2, 0.25) is 0 Å². The molecule has 1 unspecified atom stereocenters. The number of likely N-dealkylation sites (N-methyl/N-ethyl adjacent to an activating group) is 1. The Morgan fingerprint density at radius 1 is 0.788 bits per heavy atom. The highest BCUT2D eigenvalue weighted by atomic mass is 31.2. The van der Waals surface area contributed by atoms with Crippen LogP contribution in [0.4, 0.5) is 0 Å². The summed E-state index contributed by atoms with van der Waals surface area (Å²) in [5.41, 5.74) is 3.70. The lowest BCUT2D eigenvalue weighted by Crippen LogP contribution is -3.06. The summed E-state index contributed by atoms with van der Waals surface area (Å²) in [6, 6.07) is 6.27. The highest BCUT2D eigenvalue weighted by Gasteiger charge is 2.10. The summed E-state index contributed by atoms with van der Waals surface area (Å²) in [6.07, 6.45) is 15.9. The fourth-order valence-electron chi connectivity index (χ4n) is 3.37. The van der Waals surface area contributed by atoms with Crippen molar-refractivity contribution in [1.82, 2.24) is 0 Å². The summed E-state index contributed by atoms with van der Waals surface area (Å²) in [7, 11) is -0.283. The number of hydrogen-bond donors (Lipinski definition) is 1. The molecule has 1 aromatic carbocycles. The van der Waals surface area contributed by atoms with Crippen molar-refractivity contribution in [2.45, 2.75) is 105 Å². The summed E-state index contributed by atoms with van der Waals surface area (Å²) in [6.45, 7) is 9.63. The second kappa shape index (κ2) is 20.6. The van der Waals surface area contributed by atoms with Gasteiger partial charge < -0.3 is 18.8 Å². The largest absolute Gasteiger partial charge is 0.756 e. The molecular formula is C27H52NO4P. The van der Waals surface area contributed by atoms with Gasteiger partial charge in [0.2, 0.25) is 0 Å². The molecule has 0 aliphatic rings. The molecule has 0 bridgehead atoms. The van der Waals surface area contributed by atoms with Gasteiger partial charge in [-0.1, -0.05) is 96.3 Å². The van der Waals surface area contributed by atoms with E-state index in [-0.39, 0.29) is 13.2 Å². The van der Waals surface area contributed by atoms with E-state index in [9.17, 15) is 9.46 Å². The average Bonchev–Trinajstić information content (AvgIpc) is 2.76. The van der Waals surface area contributed by atoms with Crippen LogP contribution in [0.1, 0.15) is 101 Å². The second-order valence-corrected chi connectivity index (χ2v) is 10.8. The maximum atomic E-state index is 11.5. The molecule has 1 rings (SSSR count). The molecule has 0 amide bonds. The van der Waals surface area contributed by atoms with Crippen LogP contribution in [-0.2, 0) is 20.0 Å². The van der Waals surface area contributed by atoms with Crippen molar-refractivity contribution < 1.29 is 23.4 Å². The third kappa shape index (κ3) is 20.4. The number of nitrogens with one attached hydrogen (secondary N) is 1. The number of aryl methyl sites for hydroxylation is 3. The van der Waals surface area contributed by atoms with Gasteiger partial charge in [0.05, 0.1) is 20.7 Å². The Morgan fingerprint density at radius 2 is 1.30 bits per heavy atom. The van der Waals surface area contributed by atoms with Gasteiger partial charge in [0.1, 0.15) is 13.2 Å². The van der Waals surface area contributed by atoms with Gasteiger partial charge in [-0.25, -0.2) is 0 Å². The van der Waals surface area contributed by atoms with E-state index in [1.54, 1.807) is 0 Å². The second-order valence-electron chi connectivity index (χ2n) is 9.42. The summed E-state index contributed by atoms with van der Waals surface area (Å²) in [5.74, 6) is 0. The molecule has 0 aliphatic carbocycles.